The molecule has 3 unspecified atom stereocenters. The van der Waals surface area contributed by atoms with Gasteiger partial charge in [-0.15, -0.1) is 0 Å². The smallest absolute Gasteiger partial charge is 0.171 e. The number of alkyl halides is 2. The van der Waals surface area contributed by atoms with Gasteiger partial charge >= 0.3 is 0 Å². The molecule has 5 aliphatic rings. The Labute approximate surface area is 209 Å². The molecule has 2 bridgehead atoms. The molecule has 0 amide bonds. The van der Waals surface area contributed by atoms with Crippen LogP contribution >= 0.6 is 0 Å². The van der Waals surface area contributed by atoms with E-state index >= 15 is 8.78 Å². The van der Waals surface area contributed by atoms with E-state index in [2.05, 4.69) is 35.1 Å². The number of hydrogen-bond acceptors (Lipinski definition) is 5. The Morgan fingerprint density at radius 1 is 1.14 bits per heavy atom. The zero-order chi connectivity index (χ0) is 25.3. The highest BCUT2D eigenvalue weighted by Gasteiger charge is 2.82. The van der Waals surface area contributed by atoms with Crippen molar-refractivity contribution < 1.29 is 23.7 Å². The van der Waals surface area contributed by atoms with Gasteiger partial charge < -0.3 is 24.8 Å². The van der Waals surface area contributed by atoms with Crippen molar-refractivity contribution in [3.63, 3.8) is 0 Å². The van der Waals surface area contributed by atoms with Gasteiger partial charge in [-0.3, -0.25) is 0 Å². The molecule has 1 aromatic heterocycles. The summed E-state index contributed by atoms with van der Waals surface area (Å²) in [5, 5.41) is 21.9. The highest BCUT2D eigenvalue weighted by atomic mass is 19.2. The molecule has 2 saturated carbocycles. The second-order valence-corrected chi connectivity index (χ2v) is 12.6. The number of imidazole rings is 1. The first-order valence-corrected chi connectivity index (χ1v) is 13.2. The summed E-state index contributed by atoms with van der Waals surface area (Å²) in [6, 6.07) is 5.75. The fourth-order valence-corrected chi connectivity index (χ4v) is 9.08. The summed E-state index contributed by atoms with van der Waals surface area (Å²) in [6.07, 6.45) is 2.98. The summed E-state index contributed by atoms with van der Waals surface area (Å²) < 4.78 is 40.9. The van der Waals surface area contributed by atoms with Crippen molar-refractivity contribution in [2.24, 2.45) is 11.3 Å². The van der Waals surface area contributed by atoms with Crippen LogP contribution in [0.15, 0.2) is 30.6 Å². The molecule has 2 saturated heterocycles. The molecule has 3 aliphatic carbocycles. The van der Waals surface area contributed by atoms with Gasteiger partial charge in [0.2, 0.25) is 0 Å². The monoisotopic (exact) mass is 499 g/mol. The third kappa shape index (κ3) is 2.52. The average molecular weight is 500 g/mol. The molecule has 6 nitrogen and oxygen atoms in total. The van der Waals surface area contributed by atoms with E-state index in [9.17, 15) is 10.2 Å². The van der Waals surface area contributed by atoms with Crippen LogP contribution in [0.2, 0.25) is 0 Å². The number of aliphatic hydroxyl groups is 2. The number of halogens is 2. The van der Waals surface area contributed by atoms with Crippen molar-refractivity contribution in [3.8, 4) is 0 Å². The van der Waals surface area contributed by atoms with Crippen LogP contribution in [0, 0.1) is 11.3 Å². The second kappa shape index (κ2) is 6.95. The van der Waals surface area contributed by atoms with Crippen LogP contribution in [-0.4, -0.2) is 80.0 Å². The molecule has 3 heterocycles. The Kier molecular flexibility index (Phi) is 4.49. The van der Waals surface area contributed by atoms with E-state index < -0.39 is 47.2 Å². The van der Waals surface area contributed by atoms with E-state index in [4.69, 9.17) is 4.74 Å². The number of allylic oxidation sites excluding steroid dienone is 2. The van der Waals surface area contributed by atoms with Crippen LogP contribution in [0.5, 0.6) is 0 Å². The SMILES string of the molecule is CN(C)[C@H]1C[C@@]23CC[C@]4(O2)C2CC=C(c5ccc6nc[nH]c6c5)[C@@]2(C)CCC4(F)CC3(F)[C@@H](O)[C@@H]1O. The normalized spacial score (nSPS) is 49.6. The lowest BCUT2D eigenvalue weighted by molar-refractivity contribution is -0.347. The van der Waals surface area contributed by atoms with Crippen LogP contribution in [0.1, 0.15) is 57.4 Å². The topological polar surface area (TPSA) is 81.6 Å². The van der Waals surface area contributed by atoms with Gasteiger partial charge in [-0.25, -0.2) is 13.8 Å². The first kappa shape index (κ1) is 23.3. The third-order valence-electron chi connectivity index (χ3n) is 11.0. The molecule has 4 fully saturated rings. The molecule has 8 heteroatoms. The van der Waals surface area contributed by atoms with Gasteiger partial charge in [0.1, 0.15) is 23.0 Å². The van der Waals surface area contributed by atoms with E-state index in [0.717, 1.165) is 16.6 Å². The predicted molar refractivity (Wildman–Crippen MR) is 132 cm³/mol. The highest BCUT2D eigenvalue weighted by molar-refractivity contribution is 5.83. The van der Waals surface area contributed by atoms with Crippen molar-refractivity contribution in [3.05, 3.63) is 36.2 Å². The van der Waals surface area contributed by atoms with Gasteiger partial charge in [0.25, 0.3) is 0 Å². The number of benzene rings is 1. The lowest BCUT2D eigenvalue weighted by atomic mass is 9.51. The van der Waals surface area contributed by atoms with Gasteiger partial charge in [0.05, 0.1) is 23.5 Å². The maximum atomic E-state index is 17.2. The quantitative estimate of drug-likeness (QED) is 0.584. The summed E-state index contributed by atoms with van der Waals surface area (Å²) in [4.78, 5) is 9.34. The number of likely N-dealkylation sites (N-methyl/N-ethyl adjacent to an activating group) is 1. The fraction of sp³-hybridized carbons (Fsp3) is 0.679. The fourth-order valence-electron chi connectivity index (χ4n) is 9.08. The van der Waals surface area contributed by atoms with Crippen molar-refractivity contribution in [1.29, 1.82) is 0 Å². The van der Waals surface area contributed by atoms with E-state index in [1.54, 1.807) is 6.33 Å². The van der Waals surface area contributed by atoms with Crippen molar-refractivity contribution in [1.82, 2.24) is 14.9 Å². The van der Waals surface area contributed by atoms with Crippen LogP contribution in [0.25, 0.3) is 16.6 Å². The first-order valence-electron chi connectivity index (χ1n) is 13.2. The maximum absolute atomic E-state index is 17.2. The zero-order valence-electron chi connectivity index (χ0n) is 21.1. The Balaban J connectivity index is 1.30. The molecule has 1 aromatic carbocycles. The number of aromatic nitrogens is 2. The lowest BCUT2D eigenvalue weighted by Crippen LogP contribution is -2.78. The number of H-pyrrole nitrogens is 1. The molecule has 2 aliphatic heterocycles. The molecular formula is C28H35F2N3O3. The van der Waals surface area contributed by atoms with E-state index in [1.807, 2.05) is 25.1 Å². The van der Waals surface area contributed by atoms with Crippen LogP contribution < -0.4 is 0 Å². The molecule has 194 valence electrons. The highest BCUT2D eigenvalue weighted by Crippen LogP contribution is 2.74. The standard InChI is InChI=1S/C28H35F2N3O3/c1-24-8-9-25(29)14-27(30)23(35)22(34)20(33(2)3)13-26(27)10-11-28(25,36-26)21(24)7-5-17(24)16-4-6-18-19(12-16)32-15-31-18/h4-6,12,15,20-23,34-35H,7-11,13-14H2,1-3H3,(H,31,32)/t20-,21?,22+,23-,24+,25?,26+,27?,28-/m0/s1. The maximum Gasteiger partial charge on any atom is 0.171 e. The molecule has 0 radical (unpaired) electrons. The van der Waals surface area contributed by atoms with Gasteiger partial charge in [-0.2, -0.15) is 0 Å². The number of nitrogens with one attached hydrogen (secondary N) is 1. The Morgan fingerprint density at radius 3 is 2.72 bits per heavy atom. The summed E-state index contributed by atoms with van der Waals surface area (Å²) in [5.41, 5.74) is -2.75. The summed E-state index contributed by atoms with van der Waals surface area (Å²) in [6.45, 7) is 2.22. The Hall–Kier alpha value is -1.87. The number of aliphatic hydroxyl groups excluding tert-OH is 2. The number of ether oxygens (including phenoxy) is 1. The minimum Gasteiger partial charge on any atom is -0.389 e. The third-order valence-corrected chi connectivity index (χ3v) is 11.0. The molecule has 7 rings (SSSR count). The summed E-state index contributed by atoms with van der Waals surface area (Å²) >= 11 is 0. The number of aromatic amines is 1. The molecular weight excluding hydrogens is 464 g/mol. The van der Waals surface area contributed by atoms with E-state index in [0.29, 0.717) is 25.7 Å². The van der Waals surface area contributed by atoms with Crippen LogP contribution in [0.4, 0.5) is 8.78 Å². The minimum atomic E-state index is -2.32. The minimum absolute atomic E-state index is 0.123. The van der Waals surface area contributed by atoms with E-state index in [-0.39, 0.29) is 24.2 Å². The van der Waals surface area contributed by atoms with Gasteiger partial charge in [-0.05, 0) is 81.3 Å². The molecule has 2 aromatic rings. The van der Waals surface area contributed by atoms with Gasteiger partial charge in [-0.1, -0.05) is 19.1 Å². The van der Waals surface area contributed by atoms with Crippen LogP contribution in [-0.2, 0) is 4.74 Å². The molecule has 9 atom stereocenters. The zero-order valence-corrected chi connectivity index (χ0v) is 21.1. The Morgan fingerprint density at radius 2 is 1.94 bits per heavy atom. The van der Waals surface area contributed by atoms with Gasteiger partial charge in [0, 0.05) is 18.4 Å². The number of rotatable bonds is 2. The molecule has 36 heavy (non-hydrogen) atoms. The van der Waals surface area contributed by atoms with Crippen molar-refractivity contribution in [2.75, 3.05) is 14.1 Å². The Bertz CT molecular complexity index is 1280. The van der Waals surface area contributed by atoms with E-state index in [1.165, 1.54) is 5.57 Å². The number of hydrogen-bond donors (Lipinski definition) is 3. The number of fused-ring (bicyclic) bond motifs is 2. The van der Waals surface area contributed by atoms with Crippen molar-refractivity contribution in [2.45, 2.75) is 92.7 Å². The average Bonchev–Trinajstić information content (AvgIpc) is 3.54. The molecule has 3 N–H and O–H groups in total. The second-order valence-electron chi connectivity index (χ2n) is 12.6. The molecule has 2 spiro atoms. The first-order chi connectivity index (χ1) is 17.0. The van der Waals surface area contributed by atoms with Gasteiger partial charge in [0.15, 0.2) is 5.67 Å². The summed E-state index contributed by atoms with van der Waals surface area (Å²) in [5.74, 6) is -0.123. The summed E-state index contributed by atoms with van der Waals surface area (Å²) in [7, 11) is 3.63. The largest absolute Gasteiger partial charge is 0.389 e. The van der Waals surface area contributed by atoms with Crippen LogP contribution in [0.3, 0.4) is 0 Å². The lowest BCUT2D eigenvalue weighted by Gasteiger charge is -2.65. The number of nitrogens with zero attached hydrogens (tertiary/aromatic N) is 2. The predicted octanol–water partition coefficient (Wildman–Crippen LogP) is 3.93. The van der Waals surface area contributed by atoms with Crippen molar-refractivity contribution >= 4 is 16.6 Å².